The molecule has 2 rings (SSSR count). The minimum Gasteiger partial charge on any atom is -0.459 e. The molecule has 0 saturated carbocycles. The van der Waals surface area contributed by atoms with Crippen LogP contribution in [0.1, 0.15) is 64.2 Å². The van der Waals surface area contributed by atoms with Gasteiger partial charge in [-0.3, -0.25) is 0 Å². The summed E-state index contributed by atoms with van der Waals surface area (Å²) in [5.74, 6) is 2.67. The maximum Gasteiger partial charge on any atom is 0.142 e. The number of rotatable bonds is 0. The minimum atomic E-state index is 1.22. The molecule has 0 amide bonds. The number of hydrogen-bond donors (Lipinski definition) is 0. The molecule has 1 aliphatic heterocycles. The van der Waals surface area contributed by atoms with Crippen LogP contribution in [0.25, 0.3) is 0 Å². The minimum absolute atomic E-state index is 1.22. The molecular weight excluding hydrogens is 160 g/mol. The third-order valence-corrected chi connectivity index (χ3v) is 3.07. The van der Waals surface area contributed by atoms with Crippen molar-refractivity contribution >= 4 is 0 Å². The van der Waals surface area contributed by atoms with Gasteiger partial charge in [-0.15, -0.1) is 0 Å². The molecule has 0 bridgehead atoms. The highest BCUT2D eigenvalue weighted by atomic mass is 16.6. The van der Waals surface area contributed by atoms with Crippen molar-refractivity contribution in [1.82, 2.24) is 0 Å². The van der Waals surface area contributed by atoms with Gasteiger partial charge in [-0.2, -0.15) is 0 Å². The summed E-state index contributed by atoms with van der Waals surface area (Å²) in [4.78, 5) is 0. The van der Waals surface area contributed by atoms with Crippen LogP contribution in [-0.4, -0.2) is 0 Å². The van der Waals surface area contributed by atoms with Crippen LogP contribution >= 0.6 is 0 Å². The van der Waals surface area contributed by atoms with Gasteiger partial charge >= 0.3 is 0 Å². The quantitative estimate of drug-likeness (QED) is 0.545. The SMILES string of the molecule is C1CCCCCC2=C(CCCC1)O2. The lowest BCUT2D eigenvalue weighted by atomic mass is 10.0. The topological polar surface area (TPSA) is 12.5 Å². The molecule has 1 heterocycles. The van der Waals surface area contributed by atoms with E-state index >= 15 is 0 Å². The molecule has 2 aliphatic rings. The van der Waals surface area contributed by atoms with Crippen molar-refractivity contribution in [3.05, 3.63) is 11.5 Å². The molecule has 1 nitrogen and oxygen atoms in total. The Balaban J connectivity index is 1.74. The first-order chi connectivity index (χ1) is 6.47. The fourth-order valence-electron chi connectivity index (χ4n) is 2.14. The highest BCUT2D eigenvalue weighted by molar-refractivity contribution is 5.17. The summed E-state index contributed by atoms with van der Waals surface area (Å²) < 4.78 is 5.46. The van der Waals surface area contributed by atoms with E-state index in [0.717, 1.165) is 0 Å². The number of allylic oxidation sites excluding steroid dienone is 2. The van der Waals surface area contributed by atoms with Crippen LogP contribution in [0, 0.1) is 0 Å². The third-order valence-electron chi connectivity index (χ3n) is 3.07. The first kappa shape index (κ1) is 9.11. The lowest BCUT2D eigenvalue weighted by Crippen LogP contribution is -1.82. The van der Waals surface area contributed by atoms with Crippen LogP contribution in [-0.2, 0) is 4.74 Å². The molecule has 0 aromatic rings. The van der Waals surface area contributed by atoms with Gasteiger partial charge in [-0.25, -0.2) is 0 Å². The van der Waals surface area contributed by atoms with E-state index in [4.69, 9.17) is 4.74 Å². The Kier molecular flexibility index (Phi) is 3.28. The standard InChI is InChI=1S/C12H20O/c1-2-4-6-8-10-12-11(13-12)9-7-5-3-1/h1-10H2. The first-order valence-corrected chi connectivity index (χ1v) is 5.87. The predicted molar refractivity (Wildman–Crippen MR) is 54.3 cm³/mol. The highest BCUT2D eigenvalue weighted by Gasteiger charge is 2.23. The summed E-state index contributed by atoms with van der Waals surface area (Å²) in [5, 5.41) is 0. The summed E-state index contributed by atoms with van der Waals surface area (Å²) in [6.45, 7) is 0. The van der Waals surface area contributed by atoms with Crippen LogP contribution in [0.15, 0.2) is 11.5 Å². The molecule has 0 atom stereocenters. The van der Waals surface area contributed by atoms with Gasteiger partial charge in [0, 0.05) is 12.8 Å². The summed E-state index contributed by atoms with van der Waals surface area (Å²) in [6, 6.07) is 0. The predicted octanol–water partition coefficient (Wildman–Crippen LogP) is 4.14. The summed E-state index contributed by atoms with van der Waals surface area (Å²) in [6.07, 6.45) is 13.7. The Labute approximate surface area is 81.2 Å². The van der Waals surface area contributed by atoms with Gasteiger partial charge in [-0.1, -0.05) is 38.5 Å². The molecular formula is C12H20O. The zero-order valence-electron chi connectivity index (χ0n) is 8.48. The van der Waals surface area contributed by atoms with Crippen molar-refractivity contribution in [2.75, 3.05) is 0 Å². The van der Waals surface area contributed by atoms with Crippen LogP contribution in [0.3, 0.4) is 0 Å². The zero-order chi connectivity index (χ0) is 8.93. The molecule has 0 aromatic carbocycles. The van der Waals surface area contributed by atoms with Crippen molar-refractivity contribution in [1.29, 1.82) is 0 Å². The van der Waals surface area contributed by atoms with E-state index in [2.05, 4.69) is 0 Å². The summed E-state index contributed by atoms with van der Waals surface area (Å²) in [5.41, 5.74) is 0. The van der Waals surface area contributed by atoms with Crippen LogP contribution < -0.4 is 0 Å². The van der Waals surface area contributed by atoms with Crippen LogP contribution in [0.5, 0.6) is 0 Å². The zero-order valence-corrected chi connectivity index (χ0v) is 8.48. The Bertz CT molecular complexity index is 173. The summed E-state index contributed by atoms with van der Waals surface area (Å²) >= 11 is 0. The van der Waals surface area contributed by atoms with E-state index in [1.54, 1.807) is 0 Å². The van der Waals surface area contributed by atoms with Gasteiger partial charge in [0.05, 0.1) is 0 Å². The normalized spacial score (nSPS) is 25.2. The lowest BCUT2D eigenvalue weighted by Gasteiger charge is -2.00. The fraction of sp³-hybridized carbons (Fsp3) is 0.833. The van der Waals surface area contributed by atoms with E-state index in [1.165, 1.54) is 75.7 Å². The van der Waals surface area contributed by atoms with E-state index in [9.17, 15) is 0 Å². The first-order valence-electron chi connectivity index (χ1n) is 5.87. The van der Waals surface area contributed by atoms with E-state index in [1.807, 2.05) is 0 Å². The molecule has 0 aromatic heterocycles. The molecule has 0 radical (unpaired) electrons. The smallest absolute Gasteiger partial charge is 0.142 e. The molecule has 74 valence electrons. The second-order valence-electron chi connectivity index (χ2n) is 4.28. The van der Waals surface area contributed by atoms with Gasteiger partial charge in [0.15, 0.2) is 0 Å². The van der Waals surface area contributed by atoms with Crippen molar-refractivity contribution in [3.63, 3.8) is 0 Å². The van der Waals surface area contributed by atoms with E-state index < -0.39 is 0 Å². The van der Waals surface area contributed by atoms with Gasteiger partial charge in [-0.05, 0) is 12.8 Å². The maximum atomic E-state index is 5.46. The average molecular weight is 180 g/mol. The van der Waals surface area contributed by atoms with E-state index in [0.29, 0.717) is 0 Å². The third kappa shape index (κ3) is 3.06. The Morgan fingerprint density at radius 2 is 0.923 bits per heavy atom. The summed E-state index contributed by atoms with van der Waals surface area (Å²) in [7, 11) is 0. The van der Waals surface area contributed by atoms with Crippen LogP contribution in [0.4, 0.5) is 0 Å². The molecule has 0 unspecified atom stereocenters. The van der Waals surface area contributed by atoms with Crippen molar-refractivity contribution in [2.24, 2.45) is 0 Å². The highest BCUT2D eigenvalue weighted by Crippen LogP contribution is 2.35. The second kappa shape index (κ2) is 4.69. The van der Waals surface area contributed by atoms with Gasteiger partial charge in [0.1, 0.15) is 11.5 Å². The number of ether oxygens (including phenoxy) is 1. The molecule has 0 fully saturated rings. The molecule has 0 N–H and O–H groups in total. The van der Waals surface area contributed by atoms with Crippen LogP contribution in [0.2, 0.25) is 0 Å². The second-order valence-corrected chi connectivity index (χ2v) is 4.28. The van der Waals surface area contributed by atoms with Crippen molar-refractivity contribution < 1.29 is 4.74 Å². The van der Waals surface area contributed by atoms with Crippen molar-refractivity contribution in [2.45, 2.75) is 64.2 Å². The molecule has 0 spiro atoms. The fourth-order valence-corrected chi connectivity index (χ4v) is 2.14. The van der Waals surface area contributed by atoms with Gasteiger partial charge < -0.3 is 4.74 Å². The Morgan fingerprint density at radius 3 is 1.38 bits per heavy atom. The average Bonchev–Trinajstić information content (AvgIpc) is 2.83. The van der Waals surface area contributed by atoms with E-state index in [-0.39, 0.29) is 0 Å². The lowest BCUT2D eigenvalue weighted by molar-refractivity contribution is 0.431. The monoisotopic (exact) mass is 180 g/mol. The molecule has 1 heteroatoms. The largest absolute Gasteiger partial charge is 0.459 e. The molecule has 1 aliphatic carbocycles. The van der Waals surface area contributed by atoms with Gasteiger partial charge in [0.25, 0.3) is 0 Å². The van der Waals surface area contributed by atoms with Gasteiger partial charge in [0.2, 0.25) is 0 Å². The molecule has 13 heavy (non-hydrogen) atoms. The molecule has 0 saturated heterocycles. The Hall–Kier alpha value is -0.460. The maximum absolute atomic E-state index is 5.46. The Morgan fingerprint density at radius 1 is 0.538 bits per heavy atom. The van der Waals surface area contributed by atoms with Crippen molar-refractivity contribution in [3.8, 4) is 0 Å². The number of hydrogen-bond acceptors (Lipinski definition) is 1.